The number of amides is 2. The van der Waals surface area contributed by atoms with Crippen LogP contribution in [0.3, 0.4) is 0 Å². The predicted molar refractivity (Wildman–Crippen MR) is 106 cm³/mol. The molecule has 0 radical (unpaired) electrons. The molecule has 1 aromatic carbocycles. The van der Waals surface area contributed by atoms with Crippen LogP contribution in [-0.2, 0) is 9.59 Å². The van der Waals surface area contributed by atoms with Crippen LogP contribution < -0.4 is 5.32 Å². The molecular weight excluding hydrogens is 324 g/mol. The quantitative estimate of drug-likeness (QED) is 0.787. The average Bonchev–Trinajstić information content (AvgIpc) is 2.56. The number of nitrogens with zero attached hydrogens (tertiary/aromatic N) is 1. The third-order valence-electron chi connectivity index (χ3n) is 4.75. The van der Waals surface area contributed by atoms with Gasteiger partial charge in [0.15, 0.2) is 0 Å². The van der Waals surface area contributed by atoms with E-state index in [0.717, 1.165) is 17.6 Å². The molecule has 1 N–H and O–H groups in total. The van der Waals surface area contributed by atoms with E-state index in [-0.39, 0.29) is 23.9 Å². The molecule has 2 atom stereocenters. The van der Waals surface area contributed by atoms with Crippen LogP contribution in [0.2, 0.25) is 0 Å². The topological polar surface area (TPSA) is 49.4 Å². The molecular formula is C22H32N2O2. The smallest absolute Gasteiger partial charge is 0.247 e. The Morgan fingerprint density at radius 2 is 1.77 bits per heavy atom. The highest BCUT2D eigenvalue weighted by Crippen LogP contribution is 2.21. The lowest BCUT2D eigenvalue weighted by Gasteiger charge is -2.40. The highest BCUT2D eigenvalue weighted by atomic mass is 16.2. The second-order valence-corrected chi connectivity index (χ2v) is 8.16. The zero-order valence-corrected chi connectivity index (χ0v) is 16.7. The Morgan fingerprint density at radius 3 is 2.35 bits per heavy atom. The van der Waals surface area contributed by atoms with E-state index in [9.17, 15) is 9.59 Å². The van der Waals surface area contributed by atoms with Crippen molar-refractivity contribution in [3.05, 3.63) is 42.0 Å². The van der Waals surface area contributed by atoms with Gasteiger partial charge in [0.05, 0.1) is 0 Å². The highest BCUT2D eigenvalue weighted by Gasteiger charge is 2.37. The van der Waals surface area contributed by atoms with Gasteiger partial charge in [-0.2, -0.15) is 0 Å². The van der Waals surface area contributed by atoms with Gasteiger partial charge in [-0.05, 0) is 42.7 Å². The van der Waals surface area contributed by atoms with Crippen LogP contribution in [0.25, 0.3) is 5.57 Å². The Kier molecular flexibility index (Phi) is 7.01. The molecule has 1 heterocycles. The van der Waals surface area contributed by atoms with Crippen LogP contribution in [0.5, 0.6) is 0 Å². The second kappa shape index (κ2) is 9.02. The molecule has 2 rings (SSSR count). The molecule has 0 aromatic heterocycles. The van der Waals surface area contributed by atoms with Gasteiger partial charge in [-0.1, -0.05) is 58.0 Å². The number of rotatable bonds is 6. The Hall–Kier alpha value is -2.10. The van der Waals surface area contributed by atoms with Crippen molar-refractivity contribution in [3.8, 4) is 0 Å². The molecule has 0 spiro atoms. The largest absolute Gasteiger partial charge is 0.350 e. The standard InChI is InChI=1S/C22H32N2O2/c1-15(2)11-19-14-24(20(12-16(3)4)22(26)23-19)21(25)13-17(5)18-9-7-6-8-10-18/h6-10,13,15-16,19-20H,11-12,14H2,1-5H3,(H,23,26)/b17-13-/t19-,20-/m0/s1. The summed E-state index contributed by atoms with van der Waals surface area (Å²) >= 11 is 0. The summed E-state index contributed by atoms with van der Waals surface area (Å²) < 4.78 is 0. The van der Waals surface area contributed by atoms with Crippen LogP contribution in [0, 0.1) is 11.8 Å². The van der Waals surface area contributed by atoms with Gasteiger partial charge in [0.2, 0.25) is 11.8 Å². The summed E-state index contributed by atoms with van der Waals surface area (Å²) in [6.07, 6.45) is 3.24. The van der Waals surface area contributed by atoms with Gasteiger partial charge in [-0.25, -0.2) is 0 Å². The van der Waals surface area contributed by atoms with E-state index >= 15 is 0 Å². The monoisotopic (exact) mass is 356 g/mol. The Bertz CT molecular complexity index is 649. The molecule has 1 fully saturated rings. The minimum Gasteiger partial charge on any atom is -0.350 e. The molecule has 0 bridgehead atoms. The van der Waals surface area contributed by atoms with Crippen molar-refractivity contribution >= 4 is 17.4 Å². The molecule has 1 aliphatic rings. The van der Waals surface area contributed by atoms with E-state index in [2.05, 4.69) is 33.0 Å². The molecule has 0 aliphatic carbocycles. The van der Waals surface area contributed by atoms with Gasteiger partial charge in [0, 0.05) is 18.7 Å². The summed E-state index contributed by atoms with van der Waals surface area (Å²) in [6, 6.07) is 9.52. The first-order valence-corrected chi connectivity index (χ1v) is 9.62. The lowest BCUT2D eigenvalue weighted by molar-refractivity contribution is -0.142. The Labute approximate surface area is 157 Å². The van der Waals surface area contributed by atoms with Crippen molar-refractivity contribution in [2.75, 3.05) is 6.54 Å². The van der Waals surface area contributed by atoms with Crippen molar-refractivity contribution in [1.82, 2.24) is 10.2 Å². The minimum atomic E-state index is -0.384. The second-order valence-electron chi connectivity index (χ2n) is 8.16. The maximum absolute atomic E-state index is 13.0. The summed E-state index contributed by atoms with van der Waals surface area (Å²) in [7, 11) is 0. The van der Waals surface area contributed by atoms with E-state index in [1.807, 2.05) is 37.3 Å². The summed E-state index contributed by atoms with van der Waals surface area (Å²) in [6.45, 7) is 11.0. The molecule has 1 aromatic rings. The fourth-order valence-electron chi connectivity index (χ4n) is 3.53. The van der Waals surface area contributed by atoms with E-state index in [4.69, 9.17) is 0 Å². The fraction of sp³-hybridized carbons (Fsp3) is 0.545. The molecule has 0 saturated carbocycles. The minimum absolute atomic E-state index is 0.0188. The first kappa shape index (κ1) is 20.2. The number of benzene rings is 1. The molecule has 0 unspecified atom stereocenters. The van der Waals surface area contributed by atoms with Gasteiger partial charge in [-0.3, -0.25) is 9.59 Å². The zero-order chi connectivity index (χ0) is 19.3. The molecule has 4 nitrogen and oxygen atoms in total. The van der Waals surface area contributed by atoms with Crippen LogP contribution in [0.4, 0.5) is 0 Å². The molecule has 2 amide bonds. The van der Waals surface area contributed by atoms with Crippen LogP contribution in [-0.4, -0.2) is 35.3 Å². The van der Waals surface area contributed by atoms with Gasteiger partial charge >= 0.3 is 0 Å². The lowest BCUT2D eigenvalue weighted by atomic mass is 9.94. The van der Waals surface area contributed by atoms with Gasteiger partial charge in [0.1, 0.15) is 6.04 Å². The molecule has 4 heteroatoms. The zero-order valence-electron chi connectivity index (χ0n) is 16.7. The van der Waals surface area contributed by atoms with Crippen molar-refractivity contribution in [2.45, 2.75) is 59.5 Å². The first-order valence-electron chi connectivity index (χ1n) is 9.62. The van der Waals surface area contributed by atoms with Gasteiger partial charge in [-0.15, -0.1) is 0 Å². The predicted octanol–water partition coefficient (Wildman–Crippen LogP) is 3.88. The van der Waals surface area contributed by atoms with E-state index in [0.29, 0.717) is 24.8 Å². The highest BCUT2D eigenvalue weighted by molar-refractivity contribution is 5.98. The molecule has 142 valence electrons. The molecule has 26 heavy (non-hydrogen) atoms. The number of hydrogen-bond donors (Lipinski definition) is 1. The van der Waals surface area contributed by atoms with E-state index in [1.165, 1.54) is 0 Å². The number of allylic oxidation sites excluding steroid dienone is 1. The van der Waals surface area contributed by atoms with Gasteiger partial charge in [0.25, 0.3) is 0 Å². The van der Waals surface area contributed by atoms with Crippen LogP contribution in [0.15, 0.2) is 36.4 Å². The van der Waals surface area contributed by atoms with Gasteiger partial charge < -0.3 is 10.2 Å². The third kappa shape index (κ3) is 5.45. The summed E-state index contributed by atoms with van der Waals surface area (Å²) in [5, 5.41) is 3.12. The van der Waals surface area contributed by atoms with Crippen molar-refractivity contribution < 1.29 is 9.59 Å². The van der Waals surface area contributed by atoms with Crippen molar-refractivity contribution in [2.24, 2.45) is 11.8 Å². The average molecular weight is 357 g/mol. The van der Waals surface area contributed by atoms with E-state index in [1.54, 1.807) is 11.0 Å². The normalized spacial score (nSPS) is 21.3. The number of nitrogens with one attached hydrogen (secondary N) is 1. The van der Waals surface area contributed by atoms with Crippen molar-refractivity contribution in [3.63, 3.8) is 0 Å². The van der Waals surface area contributed by atoms with Crippen LogP contribution in [0.1, 0.15) is 53.0 Å². The SMILES string of the molecule is C/C(=C/C(=O)N1C[C@H](CC(C)C)NC(=O)[C@@H]1CC(C)C)c1ccccc1. The number of piperazine rings is 1. The molecule has 1 aliphatic heterocycles. The fourth-order valence-corrected chi connectivity index (χ4v) is 3.53. The van der Waals surface area contributed by atoms with Crippen molar-refractivity contribution in [1.29, 1.82) is 0 Å². The first-order chi connectivity index (χ1) is 12.3. The number of carbonyl (C=O) groups is 2. The lowest BCUT2D eigenvalue weighted by Crippen LogP contribution is -2.61. The summed E-state index contributed by atoms with van der Waals surface area (Å²) in [5.74, 6) is 0.734. The Balaban J connectivity index is 2.23. The summed E-state index contributed by atoms with van der Waals surface area (Å²) in [4.78, 5) is 27.5. The summed E-state index contributed by atoms with van der Waals surface area (Å²) in [5.41, 5.74) is 1.95. The van der Waals surface area contributed by atoms with Crippen LogP contribution >= 0.6 is 0 Å². The van der Waals surface area contributed by atoms with E-state index < -0.39 is 0 Å². The number of hydrogen-bond acceptors (Lipinski definition) is 2. The maximum atomic E-state index is 13.0. The molecule has 1 saturated heterocycles. The Morgan fingerprint density at radius 1 is 1.15 bits per heavy atom. The number of carbonyl (C=O) groups excluding carboxylic acids is 2. The maximum Gasteiger partial charge on any atom is 0.247 e. The third-order valence-corrected chi connectivity index (χ3v) is 4.75.